The summed E-state index contributed by atoms with van der Waals surface area (Å²) in [6.45, 7) is 2.99. The lowest BCUT2D eigenvalue weighted by atomic mass is 10.1. The first-order chi connectivity index (χ1) is 8.67. The van der Waals surface area contributed by atoms with E-state index in [1.54, 1.807) is 18.2 Å². The van der Waals surface area contributed by atoms with Crippen LogP contribution in [0.15, 0.2) is 35.9 Å². The third-order valence-corrected chi connectivity index (χ3v) is 2.56. The van der Waals surface area contributed by atoms with Crippen LogP contribution in [0.3, 0.4) is 0 Å². The number of carbonyl (C=O) groups is 1. The molecule has 18 heavy (non-hydrogen) atoms. The number of nitriles is 1. The van der Waals surface area contributed by atoms with Crippen LogP contribution in [0.5, 0.6) is 0 Å². The van der Waals surface area contributed by atoms with Crippen LogP contribution < -0.4 is 5.32 Å². The molecular formula is C14H16N2O2. The summed E-state index contributed by atoms with van der Waals surface area (Å²) in [6.07, 6.45) is 2.21. The molecule has 0 aliphatic heterocycles. The normalized spacial score (nSPS) is 11.0. The molecule has 0 spiro atoms. The van der Waals surface area contributed by atoms with Crippen molar-refractivity contribution in [1.29, 1.82) is 5.26 Å². The molecule has 4 heteroatoms. The molecule has 0 atom stereocenters. The second kappa shape index (κ2) is 7.25. The molecule has 2 N–H and O–H groups in total. The maximum Gasteiger partial charge on any atom is 0.331 e. The van der Waals surface area contributed by atoms with Crippen molar-refractivity contribution in [2.45, 2.75) is 19.9 Å². The van der Waals surface area contributed by atoms with Gasteiger partial charge >= 0.3 is 5.97 Å². The van der Waals surface area contributed by atoms with Gasteiger partial charge in [-0.15, -0.1) is 0 Å². The summed E-state index contributed by atoms with van der Waals surface area (Å²) < 4.78 is 0. The van der Waals surface area contributed by atoms with Crippen molar-refractivity contribution in [3.05, 3.63) is 47.0 Å². The second-order valence-corrected chi connectivity index (χ2v) is 3.83. The summed E-state index contributed by atoms with van der Waals surface area (Å²) in [7, 11) is 0. The van der Waals surface area contributed by atoms with E-state index in [0.717, 1.165) is 5.56 Å². The van der Waals surface area contributed by atoms with Gasteiger partial charge in [-0.2, -0.15) is 5.26 Å². The quantitative estimate of drug-likeness (QED) is 0.593. The van der Waals surface area contributed by atoms with Gasteiger partial charge in [-0.1, -0.05) is 25.1 Å². The molecule has 0 heterocycles. The van der Waals surface area contributed by atoms with Crippen LogP contribution in [0.4, 0.5) is 0 Å². The van der Waals surface area contributed by atoms with E-state index < -0.39 is 5.97 Å². The Kier molecular flexibility index (Phi) is 5.62. The Labute approximate surface area is 107 Å². The lowest BCUT2D eigenvalue weighted by molar-refractivity contribution is -0.132. The van der Waals surface area contributed by atoms with Crippen LogP contribution in [0, 0.1) is 11.3 Å². The summed E-state index contributed by atoms with van der Waals surface area (Å²) in [5.41, 5.74) is 2.12. The molecule has 0 aliphatic carbocycles. The Morgan fingerprint density at radius 2 is 2.11 bits per heavy atom. The molecule has 0 aliphatic rings. The fourth-order valence-corrected chi connectivity index (χ4v) is 1.49. The summed E-state index contributed by atoms with van der Waals surface area (Å²) in [5, 5.41) is 20.6. The monoisotopic (exact) mass is 244 g/mol. The fraction of sp³-hybridized carbons (Fsp3) is 0.286. The minimum Gasteiger partial charge on any atom is -0.478 e. The highest BCUT2D eigenvalue weighted by atomic mass is 16.4. The van der Waals surface area contributed by atoms with Crippen molar-refractivity contribution in [2.75, 3.05) is 6.54 Å². The van der Waals surface area contributed by atoms with Crippen LogP contribution in [-0.4, -0.2) is 17.6 Å². The number of carboxylic acids is 1. The fourth-order valence-electron chi connectivity index (χ4n) is 1.49. The number of nitrogens with one attached hydrogen (secondary N) is 1. The zero-order chi connectivity index (χ0) is 13.4. The zero-order valence-corrected chi connectivity index (χ0v) is 10.3. The molecule has 94 valence electrons. The van der Waals surface area contributed by atoms with Gasteiger partial charge in [-0.3, -0.25) is 0 Å². The van der Waals surface area contributed by atoms with Gasteiger partial charge in [0.05, 0.1) is 11.6 Å². The van der Waals surface area contributed by atoms with E-state index in [1.165, 1.54) is 0 Å². The standard InChI is InChI=1S/C14H16N2O2/c1-2-13(14(17)18)7-8-16-10-12-5-3-11(9-15)4-6-12/h3-7,16H,2,8,10H2,1H3,(H,17,18)/b13-7-. The van der Waals surface area contributed by atoms with Crippen molar-refractivity contribution in [3.8, 4) is 6.07 Å². The van der Waals surface area contributed by atoms with Crippen LogP contribution >= 0.6 is 0 Å². The Morgan fingerprint density at radius 3 is 2.61 bits per heavy atom. The highest BCUT2D eigenvalue weighted by molar-refractivity contribution is 5.86. The number of hydrogen-bond donors (Lipinski definition) is 2. The van der Waals surface area contributed by atoms with E-state index in [9.17, 15) is 4.79 Å². The number of nitrogens with zero attached hydrogens (tertiary/aromatic N) is 1. The molecule has 0 amide bonds. The second-order valence-electron chi connectivity index (χ2n) is 3.83. The van der Waals surface area contributed by atoms with Gasteiger partial charge in [-0.05, 0) is 24.1 Å². The first-order valence-electron chi connectivity index (χ1n) is 5.79. The molecule has 0 saturated heterocycles. The zero-order valence-electron chi connectivity index (χ0n) is 10.3. The van der Waals surface area contributed by atoms with Crippen molar-refractivity contribution in [1.82, 2.24) is 5.32 Å². The highest BCUT2D eigenvalue weighted by Crippen LogP contribution is 2.03. The van der Waals surface area contributed by atoms with E-state index in [-0.39, 0.29) is 0 Å². The molecular weight excluding hydrogens is 228 g/mol. The van der Waals surface area contributed by atoms with Crippen molar-refractivity contribution >= 4 is 5.97 Å². The third-order valence-electron chi connectivity index (χ3n) is 2.56. The minimum absolute atomic E-state index is 0.419. The predicted octanol–water partition coefficient (Wildman–Crippen LogP) is 2.07. The van der Waals surface area contributed by atoms with Crippen LogP contribution in [-0.2, 0) is 11.3 Å². The molecule has 0 unspecified atom stereocenters. The Morgan fingerprint density at radius 1 is 1.44 bits per heavy atom. The van der Waals surface area contributed by atoms with Gasteiger partial charge in [0, 0.05) is 18.7 Å². The smallest absolute Gasteiger partial charge is 0.331 e. The molecule has 1 aromatic carbocycles. The van der Waals surface area contributed by atoms with Crippen LogP contribution in [0.25, 0.3) is 0 Å². The molecule has 0 radical (unpaired) electrons. The molecule has 4 nitrogen and oxygen atoms in total. The van der Waals surface area contributed by atoms with Gasteiger partial charge < -0.3 is 10.4 Å². The molecule has 1 rings (SSSR count). The largest absolute Gasteiger partial charge is 0.478 e. The Balaban J connectivity index is 2.42. The van der Waals surface area contributed by atoms with Gasteiger partial charge in [0.15, 0.2) is 0 Å². The van der Waals surface area contributed by atoms with Crippen molar-refractivity contribution in [3.63, 3.8) is 0 Å². The maximum absolute atomic E-state index is 10.7. The summed E-state index contributed by atoms with van der Waals surface area (Å²) in [5.74, 6) is -0.863. The summed E-state index contributed by atoms with van der Waals surface area (Å²) >= 11 is 0. The Bertz CT molecular complexity index is 470. The molecule has 0 fully saturated rings. The van der Waals surface area contributed by atoms with Gasteiger partial charge in [-0.25, -0.2) is 4.79 Å². The average molecular weight is 244 g/mol. The molecule has 0 saturated carbocycles. The van der Waals surface area contributed by atoms with Gasteiger partial charge in [0.2, 0.25) is 0 Å². The predicted molar refractivity (Wildman–Crippen MR) is 68.9 cm³/mol. The van der Waals surface area contributed by atoms with E-state index in [2.05, 4.69) is 11.4 Å². The van der Waals surface area contributed by atoms with Crippen molar-refractivity contribution in [2.24, 2.45) is 0 Å². The van der Waals surface area contributed by atoms with Gasteiger partial charge in [0.25, 0.3) is 0 Å². The lowest BCUT2D eigenvalue weighted by Crippen LogP contribution is -2.14. The van der Waals surface area contributed by atoms with Crippen molar-refractivity contribution < 1.29 is 9.90 Å². The molecule has 0 aromatic heterocycles. The number of hydrogen-bond acceptors (Lipinski definition) is 3. The maximum atomic E-state index is 10.7. The number of rotatable bonds is 6. The topological polar surface area (TPSA) is 73.1 Å². The first-order valence-corrected chi connectivity index (χ1v) is 5.79. The van der Waals surface area contributed by atoms with E-state index in [0.29, 0.717) is 30.6 Å². The molecule has 1 aromatic rings. The van der Waals surface area contributed by atoms with Gasteiger partial charge in [0.1, 0.15) is 0 Å². The number of aliphatic carboxylic acids is 1. The molecule has 0 bridgehead atoms. The Hall–Kier alpha value is -2.12. The van der Waals surface area contributed by atoms with E-state index in [1.807, 2.05) is 19.1 Å². The van der Waals surface area contributed by atoms with E-state index >= 15 is 0 Å². The highest BCUT2D eigenvalue weighted by Gasteiger charge is 2.02. The summed E-state index contributed by atoms with van der Waals surface area (Å²) in [6, 6.07) is 9.36. The third kappa shape index (κ3) is 4.40. The lowest BCUT2D eigenvalue weighted by Gasteiger charge is -2.03. The van der Waals surface area contributed by atoms with E-state index in [4.69, 9.17) is 10.4 Å². The minimum atomic E-state index is -0.863. The SMILES string of the molecule is CC/C(=C/CNCc1ccc(C#N)cc1)C(=O)O. The average Bonchev–Trinajstić information content (AvgIpc) is 2.39. The number of benzene rings is 1. The summed E-state index contributed by atoms with van der Waals surface area (Å²) in [4.78, 5) is 10.7. The van der Waals surface area contributed by atoms with Crippen LogP contribution in [0.2, 0.25) is 0 Å². The first kappa shape index (κ1) is 13.9. The number of carboxylic acid groups (broad SMARTS) is 1. The van der Waals surface area contributed by atoms with Crippen LogP contribution in [0.1, 0.15) is 24.5 Å².